The predicted molar refractivity (Wildman–Crippen MR) is 202 cm³/mol. The molecule has 0 aromatic heterocycles. The van der Waals surface area contributed by atoms with Gasteiger partial charge in [-0.15, -0.1) is 0 Å². The number of nitrogen functional groups attached to an aromatic ring is 1. The van der Waals surface area contributed by atoms with E-state index in [1.54, 1.807) is 4.90 Å². The molecule has 1 aliphatic carbocycles. The summed E-state index contributed by atoms with van der Waals surface area (Å²) in [6, 6.07) is 11.8. The number of benzene rings is 2. The number of carbonyl (C=O) groups excluding carboxylic acids is 3. The molecule has 11 heteroatoms. The summed E-state index contributed by atoms with van der Waals surface area (Å²) in [5.74, 6) is 0.954. The third kappa shape index (κ3) is 9.20. The van der Waals surface area contributed by atoms with Crippen LogP contribution in [0.15, 0.2) is 36.4 Å². The molecule has 4 amide bonds. The van der Waals surface area contributed by atoms with Gasteiger partial charge in [-0.1, -0.05) is 56.0 Å². The Labute approximate surface area is 308 Å². The van der Waals surface area contributed by atoms with Crippen LogP contribution in [0.3, 0.4) is 0 Å². The monoisotopic (exact) mass is 717 g/mol. The number of ether oxygens (including phenoxy) is 1. The van der Waals surface area contributed by atoms with Crippen molar-refractivity contribution in [2.45, 2.75) is 115 Å². The highest BCUT2D eigenvalue weighted by molar-refractivity contribution is 5.91. The fourth-order valence-electron chi connectivity index (χ4n) is 8.90. The number of hydrogen-bond donors (Lipinski definition) is 4. The number of aliphatic hydroxyl groups excluding tert-OH is 1. The number of anilines is 2. The number of aryl methyl sites for hydroxylation is 2. The Morgan fingerprint density at radius 3 is 2.27 bits per heavy atom. The van der Waals surface area contributed by atoms with Gasteiger partial charge < -0.3 is 40.7 Å². The Morgan fingerprint density at radius 2 is 1.58 bits per heavy atom. The van der Waals surface area contributed by atoms with Gasteiger partial charge in [-0.05, 0) is 105 Å². The summed E-state index contributed by atoms with van der Waals surface area (Å²) in [6.07, 6.45) is 9.29. The van der Waals surface area contributed by atoms with Crippen molar-refractivity contribution in [2.24, 2.45) is 11.8 Å². The van der Waals surface area contributed by atoms with Crippen LogP contribution < -0.4 is 11.1 Å². The Morgan fingerprint density at radius 1 is 0.923 bits per heavy atom. The van der Waals surface area contributed by atoms with Crippen LogP contribution in [-0.2, 0) is 22.4 Å². The number of hydrogen-bond acceptors (Lipinski definition) is 7. The molecule has 3 fully saturated rings. The molecule has 3 heterocycles. The van der Waals surface area contributed by atoms with Crippen LogP contribution in [0, 0.1) is 25.7 Å². The van der Waals surface area contributed by atoms with E-state index in [-0.39, 0.29) is 31.0 Å². The summed E-state index contributed by atoms with van der Waals surface area (Å²) < 4.78 is 6.11. The van der Waals surface area contributed by atoms with Gasteiger partial charge in [-0.25, -0.2) is 9.59 Å². The minimum atomic E-state index is -0.949. The Hall–Kier alpha value is -3.83. The van der Waals surface area contributed by atoms with Crippen molar-refractivity contribution in [2.75, 3.05) is 50.4 Å². The van der Waals surface area contributed by atoms with Crippen molar-refractivity contribution in [3.05, 3.63) is 58.7 Å². The quantitative estimate of drug-likeness (QED) is 0.189. The molecule has 5 N–H and O–H groups in total. The van der Waals surface area contributed by atoms with Crippen molar-refractivity contribution in [1.29, 1.82) is 0 Å². The van der Waals surface area contributed by atoms with Crippen LogP contribution in [0.2, 0.25) is 0 Å². The van der Waals surface area contributed by atoms with Crippen LogP contribution in [0.1, 0.15) is 92.9 Å². The number of nitrogens with one attached hydrogen (secondary N) is 1. The summed E-state index contributed by atoms with van der Waals surface area (Å²) in [4.78, 5) is 46.4. The summed E-state index contributed by atoms with van der Waals surface area (Å²) in [5, 5.41) is 23.2. The van der Waals surface area contributed by atoms with E-state index in [1.165, 1.54) is 0 Å². The second-order valence-electron chi connectivity index (χ2n) is 16.0. The van der Waals surface area contributed by atoms with Crippen molar-refractivity contribution in [3.8, 4) is 0 Å². The highest BCUT2D eigenvalue weighted by atomic mass is 16.6. The molecular formula is C41H59N5O6. The van der Waals surface area contributed by atoms with E-state index in [0.717, 1.165) is 85.0 Å². The Bertz CT molecular complexity index is 1550. The molecule has 3 aliphatic heterocycles. The zero-order chi connectivity index (χ0) is 36.8. The molecule has 2 aromatic rings. The normalized spacial score (nSPS) is 24.0. The molecule has 1 saturated carbocycles. The van der Waals surface area contributed by atoms with E-state index in [9.17, 15) is 24.6 Å². The average molecular weight is 718 g/mol. The number of nitrogens with zero attached hydrogens (tertiary/aromatic N) is 3. The summed E-state index contributed by atoms with van der Waals surface area (Å²) in [7, 11) is 0. The zero-order valence-electron chi connectivity index (χ0n) is 31.2. The molecule has 6 rings (SSSR count). The fourth-order valence-corrected chi connectivity index (χ4v) is 8.90. The number of rotatable bonds is 9. The van der Waals surface area contributed by atoms with Gasteiger partial charge in [-0.3, -0.25) is 4.79 Å². The first-order valence-electron chi connectivity index (χ1n) is 19.6. The van der Waals surface area contributed by atoms with Crippen molar-refractivity contribution < 1.29 is 29.3 Å². The molecule has 11 nitrogen and oxygen atoms in total. The fraction of sp³-hybridized carbons (Fsp3) is 0.634. The first-order valence-corrected chi connectivity index (χ1v) is 19.6. The lowest BCUT2D eigenvalue weighted by atomic mass is 9.85. The van der Waals surface area contributed by atoms with Gasteiger partial charge in [0.25, 0.3) is 5.91 Å². The van der Waals surface area contributed by atoms with Gasteiger partial charge in [0.15, 0.2) is 6.10 Å². The third-order valence-corrected chi connectivity index (χ3v) is 12.4. The molecule has 2 saturated heterocycles. The smallest absolute Gasteiger partial charge is 0.410 e. The first-order chi connectivity index (χ1) is 25.0. The maximum Gasteiger partial charge on any atom is 0.410 e. The van der Waals surface area contributed by atoms with E-state index >= 15 is 0 Å². The number of nitrogens with two attached hydrogens (primary N) is 1. The summed E-state index contributed by atoms with van der Waals surface area (Å²) in [6.45, 7) is 6.55. The van der Waals surface area contributed by atoms with Crippen molar-refractivity contribution in [3.63, 3.8) is 0 Å². The number of aliphatic hydroxyl groups is 2. The molecule has 4 aliphatic rings. The maximum atomic E-state index is 14.1. The molecule has 3 atom stereocenters. The average Bonchev–Trinajstić information content (AvgIpc) is 3.45. The van der Waals surface area contributed by atoms with Gasteiger partial charge in [0.1, 0.15) is 0 Å². The lowest BCUT2D eigenvalue weighted by molar-refractivity contribution is -0.142. The van der Waals surface area contributed by atoms with E-state index in [1.807, 2.05) is 60.0 Å². The second kappa shape index (κ2) is 16.9. The first kappa shape index (κ1) is 37.9. The van der Waals surface area contributed by atoms with Gasteiger partial charge in [0.2, 0.25) is 0 Å². The zero-order valence-corrected chi connectivity index (χ0v) is 31.2. The van der Waals surface area contributed by atoms with Crippen molar-refractivity contribution in [1.82, 2.24) is 14.7 Å². The van der Waals surface area contributed by atoms with E-state index in [0.29, 0.717) is 70.2 Å². The van der Waals surface area contributed by atoms with Crippen LogP contribution in [-0.4, -0.2) is 100 Å². The van der Waals surface area contributed by atoms with Gasteiger partial charge in [0, 0.05) is 56.6 Å². The van der Waals surface area contributed by atoms with Crippen LogP contribution >= 0.6 is 0 Å². The largest absolute Gasteiger partial charge is 0.436 e. The molecule has 52 heavy (non-hydrogen) atoms. The Kier molecular flexibility index (Phi) is 12.3. The molecule has 0 spiro atoms. The highest BCUT2D eigenvalue weighted by Gasteiger charge is 2.36. The topological polar surface area (TPSA) is 149 Å². The number of para-hydroxylation sites is 1. The van der Waals surface area contributed by atoms with E-state index < -0.39 is 17.8 Å². The number of urea groups is 1. The lowest BCUT2D eigenvalue weighted by Gasteiger charge is -2.38. The SMILES string of the molecule is Cc1cc(C[C@@H](OC(=O)N2CCC(N3CCc4ccccc4NC3=O)CC2)C(=O)N2CCC(CCC3CCCC(O)(CO)CC3)CC2)cc(C)c1N. The molecular weight excluding hydrogens is 658 g/mol. The summed E-state index contributed by atoms with van der Waals surface area (Å²) in [5.41, 5.74) is 10.8. The second-order valence-corrected chi connectivity index (χ2v) is 16.0. The van der Waals surface area contributed by atoms with Crippen LogP contribution in [0.5, 0.6) is 0 Å². The van der Waals surface area contributed by atoms with E-state index in [4.69, 9.17) is 10.5 Å². The predicted octanol–water partition coefficient (Wildman–Crippen LogP) is 5.81. The van der Waals surface area contributed by atoms with Gasteiger partial charge in [0.05, 0.1) is 12.2 Å². The van der Waals surface area contributed by atoms with Crippen LogP contribution in [0.4, 0.5) is 21.0 Å². The summed E-state index contributed by atoms with van der Waals surface area (Å²) >= 11 is 0. The maximum absolute atomic E-state index is 14.1. The number of likely N-dealkylation sites (tertiary alicyclic amines) is 2. The van der Waals surface area contributed by atoms with Gasteiger partial charge in [-0.2, -0.15) is 0 Å². The number of carbonyl (C=O) groups is 3. The molecule has 2 unspecified atom stereocenters. The van der Waals surface area contributed by atoms with Crippen molar-refractivity contribution >= 4 is 29.4 Å². The number of fused-ring (bicyclic) bond motifs is 1. The third-order valence-electron chi connectivity index (χ3n) is 12.4. The highest BCUT2D eigenvalue weighted by Crippen LogP contribution is 2.35. The minimum absolute atomic E-state index is 0.0177. The van der Waals surface area contributed by atoms with E-state index in [2.05, 4.69) is 5.32 Å². The van der Waals surface area contributed by atoms with Gasteiger partial charge >= 0.3 is 12.1 Å². The van der Waals surface area contributed by atoms with Crippen LogP contribution in [0.25, 0.3) is 0 Å². The molecule has 0 radical (unpaired) electrons. The number of amides is 4. The Balaban J connectivity index is 1.04. The lowest BCUT2D eigenvalue weighted by Crippen LogP contribution is -2.51. The molecule has 284 valence electrons. The number of piperidine rings is 2. The minimum Gasteiger partial charge on any atom is -0.436 e. The standard InChI is InChI=1S/C41H59N5O6/c1-28-24-32(25-29(2)37(28)42)26-36(38(48)44-19-12-31(13-20-44)10-9-30-6-5-17-41(51,27-47)18-11-30)52-40(50)45-21-15-34(16-22-45)46-23-14-33-7-3-4-8-35(33)43-39(46)49/h3-4,7-8,24-25,30-31,34,36,47,51H,5-6,9-23,26-27,42H2,1-2H3,(H,43,49)/t30?,36-,41?/m1/s1. The molecule has 2 aromatic carbocycles. The molecule has 0 bridgehead atoms.